The number of imide groups is 1. The van der Waals surface area contributed by atoms with E-state index in [2.05, 4.69) is 27.8 Å². The number of fused-ring (bicyclic) bond motifs is 5. The van der Waals surface area contributed by atoms with Gasteiger partial charge in [0.05, 0.1) is 17.4 Å². The number of nitrogens with one attached hydrogen (secondary N) is 2. The van der Waals surface area contributed by atoms with Crippen molar-refractivity contribution in [2.75, 3.05) is 20.1 Å². The number of hydrogen-bond acceptors (Lipinski definition) is 3. The molecule has 0 radical (unpaired) electrons. The minimum atomic E-state index is -4.39. The summed E-state index contributed by atoms with van der Waals surface area (Å²) in [5.41, 5.74) is -0.238. The fraction of sp³-hybridized carbons (Fsp3) is 0.476. The number of rotatable bonds is 5. The summed E-state index contributed by atoms with van der Waals surface area (Å²) >= 11 is 0. The molecule has 4 rings (SSSR count). The van der Waals surface area contributed by atoms with Crippen LogP contribution in [0.2, 0.25) is 0 Å². The second-order valence-corrected chi connectivity index (χ2v) is 7.88. The average molecular weight is 420 g/mol. The SMILES string of the molecule is CN=C(NCCN1C(=O)C2C3C=CC(C3)C2C1=O)NCc1cccc(C(F)(F)F)c1. The van der Waals surface area contributed by atoms with Crippen molar-refractivity contribution in [3.05, 3.63) is 47.5 Å². The van der Waals surface area contributed by atoms with E-state index in [1.54, 1.807) is 13.1 Å². The highest BCUT2D eigenvalue weighted by Crippen LogP contribution is 2.52. The molecule has 1 heterocycles. The molecule has 2 N–H and O–H groups in total. The van der Waals surface area contributed by atoms with Gasteiger partial charge in [-0.1, -0.05) is 24.3 Å². The lowest BCUT2D eigenvalue weighted by molar-refractivity contribution is -0.140. The van der Waals surface area contributed by atoms with Gasteiger partial charge in [0.25, 0.3) is 0 Å². The van der Waals surface area contributed by atoms with Crippen molar-refractivity contribution in [2.45, 2.75) is 19.1 Å². The second kappa shape index (κ2) is 7.77. The molecule has 160 valence electrons. The molecule has 1 saturated carbocycles. The number of halogens is 3. The number of allylic oxidation sites excluding steroid dienone is 2. The van der Waals surface area contributed by atoms with Gasteiger partial charge in [0.15, 0.2) is 5.96 Å². The van der Waals surface area contributed by atoms with Gasteiger partial charge in [-0.05, 0) is 36.0 Å². The number of aliphatic imine (C=N–C) groups is 1. The molecule has 0 spiro atoms. The Morgan fingerprint density at radius 2 is 1.80 bits per heavy atom. The van der Waals surface area contributed by atoms with Gasteiger partial charge in [-0.2, -0.15) is 13.2 Å². The summed E-state index contributed by atoms with van der Waals surface area (Å²) in [6.07, 6.45) is 0.611. The molecular formula is C21H23F3N4O2. The Kier molecular flexibility index (Phi) is 5.29. The molecule has 2 aliphatic carbocycles. The summed E-state index contributed by atoms with van der Waals surface area (Å²) < 4.78 is 38.5. The van der Waals surface area contributed by atoms with Crippen LogP contribution in [-0.2, 0) is 22.3 Å². The fourth-order valence-corrected chi connectivity index (χ4v) is 4.73. The third-order valence-electron chi connectivity index (χ3n) is 6.13. The number of alkyl halides is 3. The molecule has 2 amide bonds. The van der Waals surface area contributed by atoms with E-state index >= 15 is 0 Å². The van der Waals surface area contributed by atoms with Crippen LogP contribution in [0.4, 0.5) is 13.2 Å². The number of amides is 2. The minimum Gasteiger partial charge on any atom is -0.355 e. The van der Waals surface area contributed by atoms with E-state index in [1.807, 2.05) is 0 Å². The van der Waals surface area contributed by atoms with E-state index in [9.17, 15) is 22.8 Å². The summed E-state index contributed by atoms with van der Waals surface area (Å²) in [5, 5.41) is 5.96. The van der Waals surface area contributed by atoms with Crippen LogP contribution in [-0.4, -0.2) is 42.8 Å². The van der Waals surface area contributed by atoms with Gasteiger partial charge >= 0.3 is 6.18 Å². The predicted molar refractivity (Wildman–Crippen MR) is 104 cm³/mol. The molecule has 30 heavy (non-hydrogen) atoms. The standard InChI is InChI=1S/C21H23F3N4O2/c1-25-20(27-11-12-3-2-4-15(9-12)21(22,23)24)26-7-8-28-18(29)16-13-5-6-14(10-13)17(16)19(28)30/h2-6,9,13-14,16-17H,7-8,10-11H2,1H3,(H2,25,26,27). The third kappa shape index (κ3) is 3.68. The fourth-order valence-electron chi connectivity index (χ4n) is 4.73. The zero-order valence-corrected chi connectivity index (χ0v) is 16.4. The van der Waals surface area contributed by atoms with Crippen molar-refractivity contribution in [3.63, 3.8) is 0 Å². The molecule has 4 unspecified atom stereocenters. The van der Waals surface area contributed by atoms with Crippen molar-refractivity contribution < 1.29 is 22.8 Å². The molecule has 0 aromatic heterocycles. The maximum atomic E-state index is 12.8. The second-order valence-electron chi connectivity index (χ2n) is 7.88. The largest absolute Gasteiger partial charge is 0.416 e. The normalized spacial score (nSPS) is 27.7. The highest BCUT2D eigenvalue weighted by atomic mass is 19.4. The molecule has 9 heteroatoms. The smallest absolute Gasteiger partial charge is 0.355 e. The number of hydrogen-bond donors (Lipinski definition) is 2. The van der Waals surface area contributed by atoms with E-state index in [0.717, 1.165) is 18.6 Å². The average Bonchev–Trinajstić information content (AvgIpc) is 3.39. The molecule has 2 fully saturated rings. The van der Waals surface area contributed by atoms with E-state index in [0.29, 0.717) is 18.1 Å². The lowest BCUT2D eigenvalue weighted by Gasteiger charge is -2.18. The third-order valence-corrected chi connectivity index (χ3v) is 6.13. The van der Waals surface area contributed by atoms with Crippen molar-refractivity contribution >= 4 is 17.8 Å². The number of benzene rings is 1. The van der Waals surface area contributed by atoms with Crippen molar-refractivity contribution in [1.29, 1.82) is 0 Å². The molecule has 6 nitrogen and oxygen atoms in total. The zero-order chi connectivity index (χ0) is 21.5. The lowest BCUT2D eigenvalue weighted by atomic mass is 9.85. The Bertz CT molecular complexity index is 882. The van der Waals surface area contributed by atoms with Crippen LogP contribution >= 0.6 is 0 Å². The Balaban J connectivity index is 1.28. The van der Waals surface area contributed by atoms with E-state index in [1.165, 1.54) is 11.0 Å². The number of nitrogens with zero attached hydrogens (tertiary/aromatic N) is 2. The van der Waals surface area contributed by atoms with Crippen molar-refractivity contribution in [2.24, 2.45) is 28.7 Å². The predicted octanol–water partition coefficient (Wildman–Crippen LogP) is 2.18. The first-order chi connectivity index (χ1) is 14.3. The van der Waals surface area contributed by atoms with Gasteiger partial charge in [0.2, 0.25) is 11.8 Å². The summed E-state index contributed by atoms with van der Waals surface area (Å²) in [4.78, 5) is 30.7. The number of guanidine groups is 1. The Morgan fingerprint density at radius 3 is 2.40 bits per heavy atom. The monoisotopic (exact) mass is 420 g/mol. The van der Waals surface area contributed by atoms with E-state index in [-0.39, 0.29) is 48.6 Å². The topological polar surface area (TPSA) is 73.8 Å². The number of carbonyl (C=O) groups is 2. The van der Waals surface area contributed by atoms with Crippen LogP contribution in [0.3, 0.4) is 0 Å². The van der Waals surface area contributed by atoms with Crippen LogP contribution in [0, 0.1) is 23.7 Å². The van der Waals surface area contributed by atoms with E-state index < -0.39 is 11.7 Å². The van der Waals surface area contributed by atoms with Crippen molar-refractivity contribution in [3.8, 4) is 0 Å². The van der Waals surface area contributed by atoms with Gasteiger partial charge in [-0.3, -0.25) is 19.5 Å². The zero-order valence-electron chi connectivity index (χ0n) is 16.4. The first kappa shape index (κ1) is 20.4. The van der Waals surface area contributed by atoms with Crippen LogP contribution in [0.25, 0.3) is 0 Å². The van der Waals surface area contributed by atoms with Crippen LogP contribution < -0.4 is 10.6 Å². The van der Waals surface area contributed by atoms with Gasteiger partial charge in [-0.15, -0.1) is 0 Å². The summed E-state index contributed by atoms with van der Waals surface area (Å²) in [7, 11) is 1.54. The molecule has 3 aliphatic rings. The van der Waals surface area contributed by atoms with Gasteiger partial charge in [0, 0.05) is 26.7 Å². The number of likely N-dealkylation sites (tertiary alicyclic amines) is 1. The molecule has 1 aromatic carbocycles. The number of carbonyl (C=O) groups excluding carboxylic acids is 2. The maximum Gasteiger partial charge on any atom is 0.416 e. The first-order valence-electron chi connectivity index (χ1n) is 9.94. The van der Waals surface area contributed by atoms with Gasteiger partial charge < -0.3 is 10.6 Å². The molecular weight excluding hydrogens is 397 g/mol. The Hall–Kier alpha value is -2.84. The molecule has 1 saturated heterocycles. The first-order valence-corrected chi connectivity index (χ1v) is 9.94. The quantitative estimate of drug-likeness (QED) is 0.332. The molecule has 2 bridgehead atoms. The summed E-state index contributed by atoms with van der Waals surface area (Å²) in [6, 6.07) is 5.07. The Morgan fingerprint density at radius 1 is 1.13 bits per heavy atom. The highest BCUT2D eigenvalue weighted by Gasteiger charge is 2.58. The van der Waals surface area contributed by atoms with Crippen LogP contribution in [0.1, 0.15) is 17.5 Å². The molecule has 1 aliphatic heterocycles. The molecule has 4 atom stereocenters. The minimum absolute atomic E-state index is 0.101. The van der Waals surface area contributed by atoms with Crippen molar-refractivity contribution in [1.82, 2.24) is 15.5 Å². The van der Waals surface area contributed by atoms with Gasteiger partial charge in [-0.25, -0.2) is 0 Å². The van der Waals surface area contributed by atoms with Crippen LogP contribution in [0.5, 0.6) is 0 Å². The lowest BCUT2D eigenvalue weighted by Crippen LogP contribution is -2.43. The maximum absolute atomic E-state index is 12.8. The Labute approximate surface area is 172 Å². The van der Waals surface area contributed by atoms with E-state index in [4.69, 9.17) is 0 Å². The molecule has 1 aromatic rings. The summed E-state index contributed by atoms with van der Waals surface area (Å²) in [6.45, 7) is 0.695. The summed E-state index contributed by atoms with van der Waals surface area (Å²) in [5.74, 6) is 0.101. The van der Waals surface area contributed by atoms with Crippen LogP contribution in [0.15, 0.2) is 41.4 Å². The highest BCUT2D eigenvalue weighted by molar-refractivity contribution is 6.06. The van der Waals surface area contributed by atoms with Gasteiger partial charge in [0.1, 0.15) is 0 Å².